The monoisotopic (exact) mass is 285 g/mol. The first-order valence-electron chi connectivity index (χ1n) is 6.17. The molecule has 0 aromatic heterocycles. The second kappa shape index (κ2) is 6.26. The van der Waals surface area contributed by atoms with Crippen LogP contribution in [-0.2, 0) is 4.79 Å². The van der Waals surface area contributed by atoms with Gasteiger partial charge in [-0.2, -0.15) is 0 Å². The van der Waals surface area contributed by atoms with Crippen molar-refractivity contribution in [3.05, 3.63) is 29.3 Å². The van der Waals surface area contributed by atoms with Crippen LogP contribution in [0.4, 0.5) is 5.69 Å². The largest absolute Gasteiger partial charge is 0.480 e. The standard InChI is InChI=1S/C14H20ClNO3/c1-10(2)14(3,19)9-16(8-13(17)18)12-6-4-5-11(15)7-12/h4-7,10,19H,8-9H2,1-3H3,(H,17,18). The second-order valence-corrected chi connectivity index (χ2v) is 5.68. The van der Waals surface area contributed by atoms with Crippen LogP contribution in [0.3, 0.4) is 0 Å². The summed E-state index contributed by atoms with van der Waals surface area (Å²) in [4.78, 5) is 12.6. The zero-order chi connectivity index (χ0) is 14.6. The minimum atomic E-state index is -0.974. The third kappa shape index (κ3) is 4.73. The van der Waals surface area contributed by atoms with Crippen LogP contribution < -0.4 is 4.90 Å². The number of carboxylic acids is 1. The van der Waals surface area contributed by atoms with E-state index in [4.69, 9.17) is 16.7 Å². The number of halogens is 1. The molecule has 0 bridgehead atoms. The number of anilines is 1. The molecule has 4 nitrogen and oxygen atoms in total. The van der Waals surface area contributed by atoms with Crippen LogP contribution in [0.2, 0.25) is 5.02 Å². The van der Waals surface area contributed by atoms with E-state index in [1.54, 1.807) is 36.1 Å². The molecule has 0 aliphatic rings. The van der Waals surface area contributed by atoms with Gasteiger partial charge in [-0.3, -0.25) is 4.79 Å². The van der Waals surface area contributed by atoms with E-state index in [-0.39, 0.29) is 19.0 Å². The lowest BCUT2D eigenvalue weighted by Gasteiger charge is -2.35. The second-order valence-electron chi connectivity index (χ2n) is 5.24. The van der Waals surface area contributed by atoms with Crippen LogP contribution in [-0.4, -0.2) is 34.9 Å². The molecule has 0 saturated heterocycles. The molecular formula is C14H20ClNO3. The normalized spacial score (nSPS) is 14.2. The Labute approximate surface area is 118 Å². The molecular weight excluding hydrogens is 266 g/mol. The predicted octanol–water partition coefficient (Wildman–Crippen LogP) is 2.64. The van der Waals surface area contributed by atoms with Gasteiger partial charge in [0.2, 0.25) is 0 Å². The maximum Gasteiger partial charge on any atom is 0.323 e. The fraction of sp³-hybridized carbons (Fsp3) is 0.500. The first-order valence-corrected chi connectivity index (χ1v) is 6.55. The number of nitrogens with zero attached hydrogens (tertiary/aromatic N) is 1. The van der Waals surface area contributed by atoms with E-state index in [1.807, 2.05) is 13.8 Å². The lowest BCUT2D eigenvalue weighted by Crippen LogP contribution is -2.46. The van der Waals surface area contributed by atoms with Gasteiger partial charge in [0.25, 0.3) is 0 Å². The van der Waals surface area contributed by atoms with Crippen molar-refractivity contribution in [1.29, 1.82) is 0 Å². The highest BCUT2D eigenvalue weighted by molar-refractivity contribution is 6.30. The predicted molar refractivity (Wildman–Crippen MR) is 76.8 cm³/mol. The molecule has 0 aliphatic carbocycles. The molecule has 1 aromatic rings. The van der Waals surface area contributed by atoms with Gasteiger partial charge in [0.05, 0.1) is 5.60 Å². The number of rotatable bonds is 6. The number of aliphatic hydroxyl groups is 1. The Kier molecular flexibility index (Phi) is 5.20. The molecule has 0 spiro atoms. The van der Waals surface area contributed by atoms with Gasteiger partial charge in [-0.1, -0.05) is 31.5 Å². The Balaban J connectivity index is 2.99. The number of aliphatic carboxylic acids is 1. The third-order valence-corrected chi connectivity index (χ3v) is 3.49. The van der Waals surface area contributed by atoms with Crippen LogP contribution >= 0.6 is 11.6 Å². The summed E-state index contributed by atoms with van der Waals surface area (Å²) in [6, 6.07) is 6.97. The first kappa shape index (κ1) is 15.8. The van der Waals surface area contributed by atoms with Crippen molar-refractivity contribution in [2.75, 3.05) is 18.0 Å². The van der Waals surface area contributed by atoms with Gasteiger partial charge < -0.3 is 15.1 Å². The van der Waals surface area contributed by atoms with Crippen molar-refractivity contribution in [2.45, 2.75) is 26.4 Å². The summed E-state index contributed by atoms with van der Waals surface area (Å²) < 4.78 is 0. The molecule has 0 heterocycles. The lowest BCUT2D eigenvalue weighted by molar-refractivity contribution is -0.135. The van der Waals surface area contributed by atoms with Crippen molar-refractivity contribution in [1.82, 2.24) is 0 Å². The summed E-state index contributed by atoms with van der Waals surface area (Å²) in [5.41, 5.74) is -0.284. The van der Waals surface area contributed by atoms with E-state index in [0.29, 0.717) is 10.7 Å². The topological polar surface area (TPSA) is 60.8 Å². The molecule has 1 atom stereocenters. The van der Waals surface area contributed by atoms with E-state index >= 15 is 0 Å². The Morgan fingerprint density at radius 3 is 2.58 bits per heavy atom. The summed E-state index contributed by atoms with van der Waals surface area (Å²) in [7, 11) is 0. The third-order valence-electron chi connectivity index (χ3n) is 3.25. The van der Waals surface area contributed by atoms with Gasteiger partial charge in [-0.05, 0) is 31.0 Å². The van der Waals surface area contributed by atoms with Gasteiger partial charge in [-0.25, -0.2) is 0 Å². The average Bonchev–Trinajstić information content (AvgIpc) is 2.27. The summed E-state index contributed by atoms with van der Waals surface area (Å²) in [6.07, 6.45) is 0. The van der Waals surface area contributed by atoms with Crippen LogP contribution in [0.15, 0.2) is 24.3 Å². The van der Waals surface area contributed by atoms with Crippen LogP contribution in [0, 0.1) is 5.92 Å². The van der Waals surface area contributed by atoms with Crippen molar-refractivity contribution in [3.8, 4) is 0 Å². The molecule has 106 valence electrons. The van der Waals surface area contributed by atoms with Gasteiger partial charge >= 0.3 is 5.97 Å². The summed E-state index contributed by atoms with van der Waals surface area (Å²) in [5.74, 6) is -0.928. The number of carboxylic acid groups (broad SMARTS) is 1. The number of benzene rings is 1. The van der Waals surface area contributed by atoms with Gasteiger partial charge in [0.15, 0.2) is 0 Å². The van der Waals surface area contributed by atoms with Gasteiger partial charge in [0, 0.05) is 17.3 Å². The fourth-order valence-electron chi connectivity index (χ4n) is 1.64. The van der Waals surface area contributed by atoms with Gasteiger partial charge in [0.1, 0.15) is 6.54 Å². The molecule has 1 unspecified atom stereocenters. The summed E-state index contributed by atoms with van der Waals surface area (Å²) >= 11 is 5.92. The number of carbonyl (C=O) groups is 1. The lowest BCUT2D eigenvalue weighted by atomic mass is 9.92. The number of hydrogen-bond acceptors (Lipinski definition) is 3. The summed E-state index contributed by atoms with van der Waals surface area (Å²) in [5, 5.41) is 19.9. The van der Waals surface area contributed by atoms with E-state index in [0.717, 1.165) is 0 Å². The molecule has 0 aliphatic heterocycles. The highest BCUT2D eigenvalue weighted by atomic mass is 35.5. The zero-order valence-corrected chi connectivity index (χ0v) is 12.2. The minimum absolute atomic E-state index is 0.0166. The average molecular weight is 286 g/mol. The molecule has 5 heteroatoms. The maximum absolute atomic E-state index is 11.0. The highest BCUT2D eigenvalue weighted by Gasteiger charge is 2.28. The Hall–Kier alpha value is -1.26. The Bertz CT molecular complexity index is 446. The van der Waals surface area contributed by atoms with Gasteiger partial charge in [-0.15, -0.1) is 0 Å². The van der Waals surface area contributed by atoms with E-state index in [1.165, 1.54) is 0 Å². The fourth-order valence-corrected chi connectivity index (χ4v) is 1.83. The van der Waals surface area contributed by atoms with Crippen molar-refractivity contribution in [3.63, 3.8) is 0 Å². The van der Waals surface area contributed by atoms with E-state index < -0.39 is 11.6 Å². The molecule has 0 amide bonds. The Morgan fingerprint density at radius 1 is 1.47 bits per heavy atom. The van der Waals surface area contributed by atoms with E-state index in [2.05, 4.69) is 0 Å². The van der Waals surface area contributed by atoms with Crippen molar-refractivity contribution >= 4 is 23.3 Å². The number of hydrogen-bond donors (Lipinski definition) is 2. The molecule has 0 fully saturated rings. The molecule has 0 saturated carbocycles. The van der Waals surface area contributed by atoms with Crippen LogP contribution in [0.25, 0.3) is 0 Å². The highest BCUT2D eigenvalue weighted by Crippen LogP contribution is 2.24. The maximum atomic E-state index is 11.0. The van der Waals surface area contributed by atoms with Crippen molar-refractivity contribution in [2.24, 2.45) is 5.92 Å². The quantitative estimate of drug-likeness (QED) is 0.843. The SMILES string of the molecule is CC(C)C(C)(O)CN(CC(=O)O)c1cccc(Cl)c1. The zero-order valence-electron chi connectivity index (χ0n) is 11.4. The smallest absolute Gasteiger partial charge is 0.323 e. The van der Waals surface area contributed by atoms with E-state index in [9.17, 15) is 9.90 Å². The van der Waals surface area contributed by atoms with Crippen molar-refractivity contribution < 1.29 is 15.0 Å². The molecule has 19 heavy (non-hydrogen) atoms. The minimum Gasteiger partial charge on any atom is -0.480 e. The van der Waals surface area contributed by atoms with Crippen LogP contribution in [0.5, 0.6) is 0 Å². The first-order chi connectivity index (χ1) is 8.72. The van der Waals surface area contributed by atoms with Crippen LogP contribution in [0.1, 0.15) is 20.8 Å². The molecule has 0 radical (unpaired) electrons. The molecule has 1 rings (SSSR count). The summed E-state index contributed by atoms with van der Waals surface area (Å²) in [6.45, 7) is 5.56. The molecule has 2 N–H and O–H groups in total. The Morgan fingerprint density at radius 2 is 2.11 bits per heavy atom. The molecule has 1 aromatic carbocycles.